The van der Waals surface area contributed by atoms with Gasteiger partial charge >= 0.3 is 5.97 Å². The lowest BCUT2D eigenvalue weighted by atomic mass is 10.0. The molecule has 0 fully saturated rings. The molecule has 0 spiro atoms. The molecule has 0 bridgehead atoms. The van der Waals surface area contributed by atoms with Crippen LogP contribution < -0.4 is 10.6 Å². The first kappa shape index (κ1) is 28.9. The molecule has 37 heavy (non-hydrogen) atoms. The van der Waals surface area contributed by atoms with Gasteiger partial charge in [0.1, 0.15) is 6.04 Å². The third kappa shape index (κ3) is 7.66. The minimum absolute atomic E-state index is 0.0354. The van der Waals surface area contributed by atoms with Gasteiger partial charge < -0.3 is 14.9 Å². The van der Waals surface area contributed by atoms with Crippen LogP contribution >= 0.6 is 30.6 Å². The molecule has 0 saturated heterocycles. The summed E-state index contributed by atoms with van der Waals surface area (Å²) in [5.41, 5.74) is 0.741. The standard InChI is InChI=1S/C25H24Cl2NO7PS/c1-36(32,18-8-4-3-5-9-18)35-15-17-12-20(26)23(21(27)13-17)24(29)28-22(25(30)31)14-16-7-6-10-19(11-16)37(2,33)34/h3-13,22H,14-15H2,1-2H3,(H,28,29)(H,30,31)/t22-,36?/m0/s1. The highest BCUT2D eigenvalue weighted by atomic mass is 35.5. The molecule has 3 rings (SSSR count). The largest absolute Gasteiger partial charge is 0.480 e. The molecule has 1 unspecified atom stereocenters. The molecule has 12 heteroatoms. The van der Waals surface area contributed by atoms with Crippen molar-refractivity contribution in [1.82, 2.24) is 5.32 Å². The van der Waals surface area contributed by atoms with Crippen LogP contribution in [0.5, 0.6) is 0 Å². The summed E-state index contributed by atoms with van der Waals surface area (Å²) in [6, 6.07) is 16.0. The number of sulfone groups is 1. The third-order valence-corrected chi connectivity index (χ3v) is 8.97. The van der Waals surface area contributed by atoms with Crippen LogP contribution in [0.15, 0.2) is 71.6 Å². The number of carboxylic acids is 1. The molecule has 0 aliphatic heterocycles. The van der Waals surface area contributed by atoms with Crippen LogP contribution in [-0.2, 0) is 36.7 Å². The van der Waals surface area contributed by atoms with E-state index in [-0.39, 0.29) is 33.5 Å². The summed E-state index contributed by atoms with van der Waals surface area (Å²) in [5, 5.41) is 12.5. The fourth-order valence-electron chi connectivity index (χ4n) is 3.47. The molecule has 3 aromatic carbocycles. The summed E-state index contributed by atoms with van der Waals surface area (Å²) in [4.78, 5) is 24.8. The zero-order valence-corrected chi connectivity index (χ0v) is 23.1. The first-order valence-corrected chi connectivity index (χ1v) is 15.6. The van der Waals surface area contributed by atoms with Crippen molar-refractivity contribution >= 4 is 57.6 Å². The number of carbonyl (C=O) groups excluding carboxylic acids is 1. The highest BCUT2D eigenvalue weighted by molar-refractivity contribution is 7.90. The van der Waals surface area contributed by atoms with E-state index in [2.05, 4.69) is 5.32 Å². The highest BCUT2D eigenvalue weighted by Crippen LogP contribution is 2.42. The Bertz CT molecular complexity index is 1460. The molecule has 196 valence electrons. The van der Waals surface area contributed by atoms with E-state index in [4.69, 9.17) is 27.7 Å². The first-order chi connectivity index (χ1) is 17.3. The lowest BCUT2D eigenvalue weighted by Gasteiger charge is -2.17. The lowest BCUT2D eigenvalue weighted by Crippen LogP contribution is -2.42. The topological polar surface area (TPSA) is 127 Å². The minimum atomic E-state index is -3.49. The SMILES string of the molecule is CP(=O)(OCc1cc(Cl)c(C(=O)N[C@@H](Cc2cccc(S(C)(=O)=O)c2)C(=O)O)c(Cl)c1)c1ccccc1. The molecule has 3 aromatic rings. The summed E-state index contributed by atoms with van der Waals surface area (Å²) >= 11 is 12.6. The Hall–Kier alpha value is -2.68. The van der Waals surface area contributed by atoms with Crippen LogP contribution in [0.3, 0.4) is 0 Å². The van der Waals surface area contributed by atoms with Crippen molar-refractivity contribution in [2.45, 2.75) is 24.0 Å². The van der Waals surface area contributed by atoms with E-state index in [1.165, 1.54) is 37.0 Å². The van der Waals surface area contributed by atoms with Gasteiger partial charge in [0.05, 0.1) is 27.1 Å². The summed E-state index contributed by atoms with van der Waals surface area (Å²) in [6.45, 7) is 1.41. The van der Waals surface area contributed by atoms with Crippen molar-refractivity contribution in [2.75, 3.05) is 12.9 Å². The Labute approximate surface area is 224 Å². The maximum atomic E-state index is 12.9. The van der Waals surface area contributed by atoms with E-state index in [1.807, 2.05) is 0 Å². The number of nitrogens with one attached hydrogen (secondary N) is 1. The van der Waals surface area contributed by atoms with Crippen LogP contribution in [0.4, 0.5) is 0 Å². The first-order valence-electron chi connectivity index (χ1n) is 10.9. The van der Waals surface area contributed by atoms with Gasteiger partial charge in [-0.05, 0) is 47.5 Å². The third-order valence-electron chi connectivity index (χ3n) is 5.40. The maximum Gasteiger partial charge on any atom is 0.326 e. The van der Waals surface area contributed by atoms with E-state index in [0.717, 1.165) is 6.26 Å². The molecule has 0 aliphatic carbocycles. The molecule has 0 radical (unpaired) electrons. The quantitative estimate of drug-likeness (QED) is 0.334. The lowest BCUT2D eigenvalue weighted by molar-refractivity contribution is -0.139. The van der Waals surface area contributed by atoms with Gasteiger partial charge in [-0.3, -0.25) is 9.36 Å². The molecule has 8 nitrogen and oxygen atoms in total. The predicted octanol–water partition coefficient (Wildman–Crippen LogP) is 4.57. The molecule has 2 N–H and O–H groups in total. The molecule has 0 aliphatic rings. The number of hydrogen-bond donors (Lipinski definition) is 2. The van der Waals surface area contributed by atoms with E-state index >= 15 is 0 Å². The number of halogens is 2. The number of hydrogen-bond acceptors (Lipinski definition) is 6. The second kappa shape index (κ2) is 11.8. The van der Waals surface area contributed by atoms with Crippen LogP contribution in [0.2, 0.25) is 10.0 Å². The number of amides is 1. The van der Waals surface area contributed by atoms with Gasteiger partial charge in [-0.15, -0.1) is 0 Å². The van der Waals surface area contributed by atoms with Crippen molar-refractivity contribution in [1.29, 1.82) is 0 Å². The molecular formula is C25H24Cl2NO7PS. The van der Waals surface area contributed by atoms with Gasteiger partial charge in [-0.2, -0.15) is 0 Å². The van der Waals surface area contributed by atoms with E-state index in [0.29, 0.717) is 16.4 Å². The Morgan fingerprint density at radius 2 is 1.62 bits per heavy atom. The molecule has 0 saturated carbocycles. The average molecular weight is 584 g/mol. The van der Waals surface area contributed by atoms with Gasteiger partial charge in [0.2, 0.25) is 7.37 Å². The zero-order chi connectivity index (χ0) is 27.4. The van der Waals surface area contributed by atoms with Gasteiger partial charge in [-0.25, -0.2) is 13.2 Å². The summed E-state index contributed by atoms with van der Waals surface area (Å²) in [6.07, 6.45) is 0.874. The minimum Gasteiger partial charge on any atom is -0.480 e. The molecular weight excluding hydrogens is 560 g/mol. The molecule has 1 amide bonds. The number of aliphatic carboxylic acids is 1. The fraction of sp³-hybridized carbons (Fsp3) is 0.200. The predicted molar refractivity (Wildman–Crippen MR) is 143 cm³/mol. The Morgan fingerprint density at radius 1 is 1.00 bits per heavy atom. The maximum absolute atomic E-state index is 12.9. The summed E-state index contributed by atoms with van der Waals surface area (Å²) in [5.74, 6) is -2.14. The van der Waals surface area contributed by atoms with Crippen LogP contribution in [0.25, 0.3) is 0 Å². The normalized spacial score (nSPS) is 13.9. The van der Waals surface area contributed by atoms with Crippen LogP contribution in [-0.4, -0.2) is 44.4 Å². The van der Waals surface area contributed by atoms with E-state index in [1.54, 1.807) is 36.4 Å². The van der Waals surface area contributed by atoms with Gasteiger partial charge in [-0.1, -0.05) is 53.5 Å². The second-order valence-electron chi connectivity index (χ2n) is 8.38. The Balaban J connectivity index is 1.75. The van der Waals surface area contributed by atoms with Gasteiger partial charge in [0.25, 0.3) is 5.91 Å². The summed E-state index contributed by atoms with van der Waals surface area (Å²) in [7, 11) is -6.61. The monoisotopic (exact) mass is 583 g/mol. The Kier molecular flexibility index (Phi) is 9.21. The van der Waals surface area contributed by atoms with Gasteiger partial charge in [0.15, 0.2) is 9.84 Å². The molecule has 0 heterocycles. The van der Waals surface area contributed by atoms with Crippen LogP contribution in [0, 0.1) is 0 Å². The van der Waals surface area contributed by atoms with Crippen molar-refractivity contribution in [2.24, 2.45) is 0 Å². The van der Waals surface area contributed by atoms with Crippen molar-refractivity contribution in [3.05, 3.63) is 93.5 Å². The number of rotatable bonds is 10. The fourth-order valence-corrected chi connectivity index (χ4v) is 6.12. The average Bonchev–Trinajstić information content (AvgIpc) is 2.82. The van der Waals surface area contributed by atoms with Crippen LogP contribution in [0.1, 0.15) is 21.5 Å². The number of benzene rings is 3. The van der Waals surface area contributed by atoms with Crippen molar-refractivity contribution < 1.29 is 32.2 Å². The van der Waals surface area contributed by atoms with Crippen molar-refractivity contribution in [3.8, 4) is 0 Å². The molecule has 2 atom stereocenters. The summed E-state index contributed by atoms with van der Waals surface area (Å²) < 4.78 is 42.1. The van der Waals surface area contributed by atoms with E-state index in [9.17, 15) is 27.7 Å². The zero-order valence-electron chi connectivity index (χ0n) is 19.9. The second-order valence-corrected chi connectivity index (χ2v) is 13.7. The molecule has 0 aromatic heterocycles. The Morgan fingerprint density at radius 3 is 2.19 bits per heavy atom. The van der Waals surface area contributed by atoms with Crippen molar-refractivity contribution in [3.63, 3.8) is 0 Å². The van der Waals surface area contributed by atoms with E-state index < -0.39 is 35.1 Å². The smallest absolute Gasteiger partial charge is 0.326 e. The highest BCUT2D eigenvalue weighted by Gasteiger charge is 2.25. The van der Waals surface area contributed by atoms with Gasteiger partial charge in [0, 0.05) is 24.6 Å². The number of carboxylic acid groups (broad SMARTS) is 1. The number of carbonyl (C=O) groups is 2.